The summed E-state index contributed by atoms with van der Waals surface area (Å²) in [5, 5.41) is 9.66. The molecule has 12 heteroatoms. The van der Waals surface area contributed by atoms with Crippen molar-refractivity contribution in [3.63, 3.8) is 0 Å². The monoisotopic (exact) mass is 566 g/mol. The van der Waals surface area contributed by atoms with Crippen LogP contribution in [0.15, 0.2) is 71.6 Å². The first-order valence-electron chi connectivity index (χ1n) is 12.3. The molecule has 202 valence electrons. The Morgan fingerprint density at radius 1 is 1.03 bits per heavy atom. The largest absolute Gasteiger partial charge is 0.497 e. The van der Waals surface area contributed by atoms with Gasteiger partial charge < -0.3 is 20.7 Å². The van der Waals surface area contributed by atoms with Gasteiger partial charge in [0.05, 0.1) is 33.7 Å². The number of nitrogens with zero attached hydrogens (tertiary/aromatic N) is 2. The molecule has 2 heterocycles. The number of anilines is 3. The lowest BCUT2D eigenvalue weighted by atomic mass is 10.1. The normalized spacial score (nSPS) is 15.5. The van der Waals surface area contributed by atoms with Gasteiger partial charge >= 0.3 is 0 Å². The summed E-state index contributed by atoms with van der Waals surface area (Å²) < 4.78 is 34.8. The van der Waals surface area contributed by atoms with Crippen LogP contribution in [-0.4, -0.2) is 50.5 Å². The Morgan fingerprint density at radius 2 is 1.79 bits per heavy atom. The number of para-hydroxylation sites is 2. The number of carbonyl (C=O) groups is 1. The lowest BCUT2D eigenvalue weighted by molar-refractivity contribution is 0.0930. The number of sulfonamides is 1. The Bertz CT molecular complexity index is 1630. The number of fused-ring (bicyclic) bond motifs is 1. The molecule has 3 aromatic carbocycles. The first kappa shape index (κ1) is 26.7. The zero-order chi connectivity index (χ0) is 27.4. The van der Waals surface area contributed by atoms with E-state index < -0.39 is 10.0 Å². The second kappa shape index (κ2) is 11.4. The van der Waals surface area contributed by atoms with E-state index in [0.717, 1.165) is 19.4 Å². The van der Waals surface area contributed by atoms with Crippen LogP contribution in [0.1, 0.15) is 23.2 Å². The number of hydrogen-bond donors (Lipinski definition) is 4. The SMILES string of the molecule is COc1ccc(Cl)c(Nc2nc3ccccc3nc2NS(=O)(=O)c2cccc(C(=O)NC3CCCNC3)c2)c1. The van der Waals surface area contributed by atoms with Crippen molar-refractivity contribution in [2.24, 2.45) is 0 Å². The highest BCUT2D eigenvalue weighted by Crippen LogP contribution is 2.32. The molecule has 1 aliphatic rings. The molecule has 1 saturated heterocycles. The number of piperidine rings is 1. The minimum absolute atomic E-state index is 0.00502. The first-order chi connectivity index (χ1) is 18.8. The number of rotatable bonds is 8. The van der Waals surface area contributed by atoms with Gasteiger partial charge in [-0.05, 0) is 61.9 Å². The summed E-state index contributed by atoms with van der Waals surface area (Å²) in [7, 11) is -2.62. The number of amides is 1. The van der Waals surface area contributed by atoms with Crippen molar-refractivity contribution in [2.45, 2.75) is 23.8 Å². The molecule has 0 bridgehead atoms. The predicted molar refractivity (Wildman–Crippen MR) is 151 cm³/mol. The van der Waals surface area contributed by atoms with E-state index >= 15 is 0 Å². The molecule has 1 unspecified atom stereocenters. The summed E-state index contributed by atoms with van der Waals surface area (Å²) in [6, 6.07) is 18.0. The fraction of sp³-hybridized carbons (Fsp3) is 0.222. The van der Waals surface area contributed by atoms with Crippen LogP contribution >= 0.6 is 11.6 Å². The van der Waals surface area contributed by atoms with Gasteiger partial charge in [0.2, 0.25) is 0 Å². The van der Waals surface area contributed by atoms with Crippen molar-refractivity contribution in [2.75, 3.05) is 30.2 Å². The molecule has 0 aliphatic carbocycles. The van der Waals surface area contributed by atoms with E-state index in [1.807, 2.05) is 6.07 Å². The van der Waals surface area contributed by atoms with Crippen LogP contribution in [0, 0.1) is 0 Å². The molecular formula is C27H27ClN6O4S. The van der Waals surface area contributed by atoms with E-state index in [-0.39, 0.29) is 34.0 Å². The maximum Gasteiger partial charge on any atom is 0.263 e. The molecule has 1 amide bonds. The van der Waals surface area contributed by atoms with Gasteiger partial charge in [0.25, 0.3) is 15.9 Å². The molecule has 1 aliphatic heterocycles. The van der Waals surface area contributed by atoms with Gasteiger partial charge in [-0.2, -0.15) is 0 Å². The van der Waals surface area contributed by atoms with Crippen LogP contribution in [0.25, 0.3) is 11.0 Å². The smallest absolute Gasteiger partial charge is 0.263 e. The van der Waals surface area contributed by atoms with E-state index in [1.165, 1.54) is 25.3 Å². The third-order valence-corrected chi connectivity index (χ3v) is 7.93. The molecule has 0 saturated carbocycles. The van der Waals surface area contributed by atoms with Crippen molar-refractivity contribution in [1.82, 2.24) is 20.6 Å². The predicted octanol–water partition coefficient (Wildman–Crippen LogP) is 4.32. The number of methoxy groups -OCH3 is 1. The molecule has 39 heavy (non-hydrogen) atoms. The molecular weight excluding hydrogens is 540 g/mol. The third kappa shape index (κ3) is 6.22. The first-order valence-corrected chi connectivity index (χ1v) is 14.2. The lowest BCUT2D eigenvalue weighted by Gasteiger charge is -2.23. The van der Waals surface area contributed by atoms with Crippen molar-refractivity contribution in [3.05, 3.63) is 77.3 Å². The molecule has 0 spiro atoms. The van der Waals surface area contributed by atoms with E-state index in [2.05, 4.69) is 30.6 Å². The minimum atomic E-state index is -4.15. The number of carbonyl (C=O) groups excluding carboxylic acids is 1. The van der Waals surface area contributed by atoms with Crippen LogP contribution in [0.3, 0.4) is 0 Å². The van der Waals surface area contributed by atoms with Crippen LogP contribution in [-0.2, 0) is 10.0 Å². The Balaban J connectivity index is 1.46. The standard InChI is InChI=1S/C27H27ClN6O4S/c1-38-19-11-12-21(28)24(15-19)33-25-26(32-23-10-3-2-9-22(23)31-25)34-39(36,37)20-8-4-6-17(14-20)27(35)30-18-7-5-13-29-16-18/h2-4,6,8-12,14-15,18,29H,5,7,13,16H2,1H3,(H,30,35)(H,31,33)(H,32,34). The maximum absolute atomic E-state index is 13.5. The molecule has 4 aromatic rings. The Morgan fingerprint density at radius 3 is 2.51 bits per heavy atom. The average Bonchev–Trinajstić information content (AvgIpc) is 2.95. The van der Waals surface area contributed by atoms with Gasteiger partial charge in [0, 0.05) is 24.2 Å². The van der Waals surface area contributed by atoms with Crippen LogP contribution in [0.4, 0.5) is 17.3 Å². The number of halogens is 1. The van der Waals surface area contributed by atoms with E-state index in [4.69, 9.17) is 16.3 Å². The zero-order valence-corrected chi connectivity index (χ0v) is 22.6. The molecule has 0 radical (unpaired) electrons. The van der Waals surface area contributed by atoms with Crippen LogP contribution in [0.2, 0.25) is 5.02 Å². The highest BCUT2D eigenvalue weighted by atomic mass is 35.5. The summed E-state index contributed by atoms with van der Waals surface area (Å²) in [6.45, 7) is 1.60. The fourth-order valence-electron chi connectivity index (χ4n) is 4.25. The maximum atomic E-state index is 13.5. The average molecular weight is 567 g/mol. The number of benzene rings is 3. The summed E-state index contributed by atoms with van der Waals surface area (Å²) in [4.78, 5) is 21.8. The van der Waals surface area contributed by atoms with Gasteiger partial charge in [-0.15, -0.1) is 0 Å². The topological polar surface area (TPSA) is 134 Å². The summed E-state index contributed by atoms with van der Waals surface area (Å²) in [6.07, 6.45) is 1.83. The van der Waals surface area contributed by atoms with Gasteiger partial charge in [0.15, 0.2) is 11.6 Å². The second-order valence-corrected chi connectivity index (χ2v) is 11.1. The Kier molecular flexibility index (Phi) is 7.82. The van der Waals surface area contributed by atoms with E-state index in [0.29, 0.717) is 34.0 Å². The van der Waals surface area contributed by atoms with Crippen molar-refractivity contribution >= 4 is 55.9 Å². The molecule has 5 rings (SSSR count). The Hall–Kier alpha value is -3.93. The third-order valence-electron chi connectivity index (χ3n) is 6.27. The van der Waals surface area contributed by atoms with Crippen molar-refractivity contribution < 1.29 is 17.9 Å². The summed E-state index contributed by atoms with van der Waals surface area (Å²) in [5.41, 5.74) is 1.75. The number of nitrogens with one attached hydrogen (secondary N) is 4. The molecule has 1 fully saturated rings. The highest BCUT2D eigenvalue weighted by molar-refractivity contribution is 7.92. The van der Waals surface area contributed by atoms with E-state index in [9.17, 15) is 13.2 Å². The number of hydrogen-bond acceptors (Lipinski definition) is 8. The fourth-order valence-corrected chi connectivity index (χ4v) is 5.47. The molecule has 4 N–H and O–H groups in total. The van der Waals surface area contributed by atoms with E-state index in [1.54, 1.807) is 42.5 Å². The summed E-state index contributed by atoms with van der Waals surface area (Å²) >= 11 is 6.37. The molecule has 1 aromatic heterocycles. The Labute approximate surface area is 231 Å². The van der Waals surface area contributed by atoms with Gasteiger partial charge in [-0.1, -0.05) is 29.8 Å². The van der Waals surface area contributed by atoms with Crippen molar-refractivity contribution in [3.8, 4) is 5.75 Å². The van der Waals surface area contributed by atoms with Crippen LogP contribution in [0.5, 0.6) is 5.75 Å². The van der Waals surface area contributed by atoms with Crippen LogP contribution < -0.4 is 25.4 Å². The highest BCUT2D eigenvalue weighted by Gasteiger charge is 2.22. The summed E-state index contributed by atoms with van der Waals surface area (Å²) in [5.74, 6) is 0.333. The number of ether oxygens (including phenoxy) is 1. The van der Waals surface area contributed by atoms with Gasteiger partial charge in [0.1, 0.15) is 5.75 Å². The van der Waals surface area contributed by atoms with Crippen molar-refractivity contribution in [1.29, 1.82) is 0 Å². The quantitative estimate of drug-likeness (QED) is 0.248. The second-order valence-electron chi connectivity index (χ2n) is 9.03. The van der Waals surface area contributed by atoms with Gasteiger partial charge in [-0.25, -0.2) is 18.4 Å². The number of aromatic nitrogens is 2. The zero-order valence-electron chi connectivity index (χ0n) is 21.1. The van der Waals surface area contributed by atoms with Gasteiger partial charge in [-0.3, -0.25) is 9.52 Å². The molecule has 1 atom stereocenters. The lowest BCUT2D eigenvalue weighted by Crippen LogP contribution is -2.45. The molecule has 10 nitrogen and oxygen atoms in total. The minimum Gasteiger partial charge on any atom is -0.497 e.